The maximum Gasteiger partial charge on any atom is 0.338 e. The summed E-state index contributed by atoms with van der Waals surface area (Å²) >= 11 is 3.24. The lowest BCUT2D eigenvalue weighted by Crippen LogP contribution is -2.14. The predicted octanol–water partition coefficient (Wildman–Crippen LogP) is 2.12. The first-order chi connectivity index (χ1) is 8.54. The van der Waals surface area contributed by atoms with Crippen molar-refractivity contribution in [1.82, 2.24) is 0 Å². The number of anilines is 1. The van der Waals surface area contributed by atoms with Crippen LogP contribution in [0.25, 0.3) is 0 Å². The van der Waals surface area contributed by atoms with Crippen molar-refractivity contribution in [2.24, 2.45) is 0 Å². The molecule has 0 fully saturated rings. The van der Waals surface area contributed by atoms with Crippen molar-refractivity contribution in [3.63, 3.8) is 0 Å². The molecule has 0 aliphatic heterocycles. The van der Waals surface area contributed by atoms with Gasteiger partial charge in [0.05, 0.1) is 18.2 Å². The number of nitrogen functional groups attached to an aromatic ring is 1. The molecule has 1 aromatic carbocycles. The molecule has 1 rings (SSSR count). The zero-order valence-corrected chi connectivity index (χ0v) is 11.4. The Kier molecular flexibility index (Phi) is 5.62. The summed E-state index contributed by atoms with van der Waals surface area (Å²) in [6.07, 6.45) is -0.507. The summed E-state index contributed by atoms with van der Waals surface area (Å²) in [5, 5.41) is 8.48. The average molecular weight is 313 g/mol. The van der Waals surface area contributed by atoms with Gasteiger partial charge in [-0.05, 0) is 41.1 Å². The van der Waals surface area contributed by atoms with Crippen LogP contribution in [-0.4, -0.2) is 25.3 Å². The fraction of sp³-hybridized carbons (Fsp3) is 0.333. The fourth-order valence-electron chi connectivity index (χ4n) is 1.15. The molecule has 18 heavy (non-hydrogen) atoms. The van der Waals surface area contributed by atoms with E-state index >= 15 is 0 Å². The average Bonchev–Trinajstić information content (AvgIpc) is 2.37. The number of carbonyl (C=O) groups is 1. The second-order valence-electron chi connectivity index (χ2n) is 3.51. The summed E-state index contributed by atoms with van der Waals surface area (Å²) in [4.78, 5) is 11.6. The number of nitrogens with zero attached hydrogens (tertiary/aromatic N) is 1. The Morgan fingerprint density at radius 2 is 2.28 bits per heavy atom. The molecule has 0 saturated heterocycles. The molecule has 0 aliphatic carbocycles. The van der Waals surface area contributed by atoms with Crippen LogP contribution in [0.4, 0.5) is 5.69 Å². The van der Waals surface area contributed by atoms with E-state index in [1.54, 1.807) is 19.1 Å². The van der Waals surface area contributed by atoms with Gasteiger partial charge in [0.1, 0.15) is 12.7 Å². The lowest BCUT2D eigenvalue weighted by molar-refractivity contribution is 0.0247. The number of carbonyl (C=O) groups excluding carboxylic acids is 1. The fourth-order valence-corrected chi connectivity index (χ4v) is 1.40. The van der Waals surface area contributed by atoms with Gasteiger partial charge in [0.25, 0.3) is 0 Å². The smallest absolute Gasteiger partial charge is 0.338 e. The predicted molar refractivity (Wildman–Crippen MR) is 69.9 cm³/mol. The molecule has 6 heteroatoms. The van der Waals surface area contributed by atoms with E-state index in [1.165, 1.54) is 6.07 Å². The van der Waals surface area contributed by atoms with Crippen LogP contribution in [0, 0.1) is 11.3 Å². The molecule has 1 aromatic rings. The van der Waals surface area contributed by atoms with Gasteiger partial charge >= 0.3 is 5.97 Å². The van der Waals surface area contributed by atoms with E-state index < -0.39 is 12.1 Å². The highest BCUT2D eigenvalue weighted by molar-refractivity contribution is 9.10. The van der Waals surface area contributed by atoms with E-state index in [2.05, 4.69) is 15.9 Å². The highest BCUT2D eigenvalue weighted by atomic mass is 79.9. The third-order valence-corrected chi connectivity index (χ3v) is 2.82. The van der Waals surface area contributed by atoms with Crippen LogP contribution < -0.4 is 5.73 Å². The molecule has 0 heterocycles. The van der Waals surface area contributed by atoms with Gasteiger partial charge in [-0.15, -0.1) is 0 Å². The zero-order valence-electron chi connectivity index (χ0n) is 9.85. The monoisotopic (exact) mass is 312 g/mol. The molecule has 1 atom stereocenters. The first-order valence-corrected chi connectivity index (χ1v) is 6.07. The van der Waals surface area contributed by atoms with Crippen LogP contribution in [0.2, 0.25) is 0 Å². The molecule has 0 aliphatic rings. The first-order valence-electron chi connectivity index (χ1n) is 5.28. The third-order valence-electron chi connectivity index (χ3n) is 2.10. The Morgan fingerprint density at radius 3 is 2.89 bits per heavy atom. The summed E-state index contributed by atoms with van der Waals surface area (Å²) in [5.41, 5.74) is 6.51. The van der Waals surface area contributed by atoms with Crippen LogP contribution in [0.1, 0.15) is 17.3 Å². The molecular weight excluding hydrogens is 300 g/mol. The summed E-state index contributed by atoms with van der Waals surface area (Å²) in [5.74, 6) is -0.470. The van der Waals surface area contributed by atoms with Crippen LogP contribution in [0.5, 0.6) is 0 Å². The van der Waals surface area contributed by atoms with Crippen molar-refractivity contribution in [1.29, 1.82) is 5.26 Å². The summed E-state index contributed by atoms with van der Waals surface area (Å²) < 4.78 is 10.8. The molecule has 1 unspecified atom stereocenters. The van der Waals surface area contributed by atoms with Crippen molar-refractivity contribution in [2.45, 2.75) is 13.0 Å². The molecule has 0 bridgehead atoms. The molecule has 5 nitrogen and oxygen atoms in total. The van der Waals surface area contributed by atoms with E-state index in [-0.39, 0.29) is 13.2 Å². The van der Waals surface area contributed by atoms with Gasteiger partial charge in [0, 0.05) is 10.2 Å². The van der Waals surface area contributed by atoms with Crippen molar-refractivity contribution >= 4 is 27.6 Å². The number of hydrogen-bond donors (Lipinski definition) is 1. The molecule has 0 aromatic heterocycles. The van der Waals surface area contributed by atoms with Crippen LogP contribution in [0.3, 0.4) is 0 Å². The normalized spacial score (nSPS) is 11.6. The maximum atomic E-state index is 11.6. The van der Waals surface area contributed by atoms with Gasteiger partial charge in [-0.1, -0.05) is 0 Å². The number of benzene rings is 1. The molecule has 96 valence electrons. The molecular formula is C12H13BrN2O3. The van der Waals surface area contributed by atoms with Crippen LogP contribution in [-0.2, 0) is 9.47 Å². The molecule has 0 spiro atoms. The van der Waals surface area contributed by atoms with Gasteiger partial charge < -0.3 is 15.2 Å². The number of nitriles is 1. The van der Waals surface area contributed by atoms with Gasteiger partial charge in [0.2, 0.25) is 0 Å². The lowest BCUT2D eigenvalue weighted by atomic mass is 10.2. The van der Waals surface area contributed by atoms with Crippen molar-refractivity contribution in [3.8, 4) is 6.07 Å². The lowest BCUT2D eigenvalue weighted by Gasteiger charge is -2.07. The van der Waals surface area contributed by atoms with Gasteiger partial charge in [-0.25, -0.2) is 4.79 Å². The number of nitrogens with two attached hydrogens (primary N) is 1. The highest BCUT2D eigenvalue weighted by Crippen LogP contribution is 2.20. The van der Waals surface area contributed by atoms with Crippen molar-refractivity contribution < 1.29 is 14.3 Å². The molecule has 0 radical (unpaired) electrons. The Morgan fingerprint density at radius 1 is 1.56 bits per heavy atom. The molecule has 2 N–H and O–H groups in total. The van der Waals surface area contributed by atoms with Crippen molar-refractivity contribution in [2.75, 3.05) is 18.9 Å². The Labute approximate surface area is 114 Å². The topological polar surface area (TPSA) is 85.3 Å². The minimum Gasteiger partial charge on any atom is -0.460 e. The van der Waals surface area contributed by atoms with E-state index in [0.29, 0.717) is 11.3 Å². The number of halogens is 1. The van der Waals surface area contributed by atoms with Crippen molar-refractivity contribution in [3.05, 3.63) is 28.2 Å². The number of esters is 1. The van der Waals surface area contributed by atoms with E-state index in [4.69, 9.17) is 20.5 Å². The van der Waals surface area contributed by atoms with Gasteiger partial charge in [0.15, 0.2) is 0 Å². The minimum atomic E-state index is -0.507. The molecule has 0 amide bonds. The van der Waals surface area contributed by atoms with E-state index in [1.807, 2.05) is 6.07 Å². The quantitative estimate of drug-likeness (QED) is 0.511. The second kappa shape index (κ2) is 6.99. The van der Waals surface area contributed by atoms with Gasteiger partial charge in [-0.3, -0.25) is 0 Å². The maximum absolute atomic E-state index is 11.6. The number of ether oxygens (including phenoxy) is 2. The van der Waals surface area contributed by atoms with Crippen LogP contribution >= 0.6 is 15.9 Å². The van der Waals surface area contributed by atoms with E-state index in [0.717, 1.165) is 4.47 Å². The standard InChI is InChI=1S/C12H13BrN2O3/c1-8(7-14)17-4-5-18-12(16)9-2-3-10(13)11(15)6-9/h2-3,6,8H,4-5,15H2,1H3. The minimum absolute atomic E-state index is 0.0980. The SMILES string of the molecule is CC(C#N)OCCOC(=O)c1ccc(Br)c(N)c1. The zero-order chi connectivity index (χ0) is 13.5. The summed E-state index contributed by atoms with van der Waals surface area (Å²) in [6.45, 7) is 1.91. The Hall–Kier alpha value is -1.58. The second-order valence-corrected chi connectivity index (χ2v) is 4.37. The Bertz CT molecular complexity index is 471. The highest BCUT2D eigenvalue weighted by Gasteiger charge is 2.09. The van der Waals surface area contributed by atoms with Gasteiger partial charge in [-0.2, -0.15) is 5.26 Å². The largest absolute Gasteiger partial charge is 0.460 e. The molecule has 0 saturated carbocycles. The summed E-state index contributed by atoms with van der Waals surface area (Å²) in [7, 11) is 0. The third kappa shape index (κ3) is 4.35. The summed E-state index contributed by atoms with van der Waals surface area (Å²) in [6, 6.07) is 6.74. The Balaban J connectivity index is 2.41. The number of rotatable bonds is 5. The van der Waals surface area contributed by atoms with Crippen LogP contribution in [0.15, 0.2) is 22.7 Å². The number of hydrogen-bond acceptors (Lipinski definition) is 5. The first kappa shape index (κ1) is 14.5. The van der Waals surface area contributed by atoms with E-state index in [9.17, 15) is 4.79 Å².